The molecule has 0 fully saturated rings. The lowest BCUT2D eigenvalue weighted by molar-refractivity contribution is 0.821. The normalized spacial score (nSPS) is 10.9. The maximum atomic E-state index is 4.64. The highest BCUT2D eigenvalue weighted by Gasteiger charge is 2.08. The van der Waals surface area contributed by atoms with Crippen LogP contribution in [0.4, 0.5) is 5.82 Å². The summed E-state index contributed by atoms with van der Waals surface area (Å²) in [6.07, 6.45) is 3.70. The van der Waals surface area contributed by atoms with Gasteiger partial charge in [-0.2, -0.15) is 0 Å². The molecule has 2 aromatic heterocycles. The number of nitrogens with one attached hydrogen (secondary N) is 1. The average Bonchev–Trinajstić information content (AvgIpc) is 2.91. The smallest absolute Gasteiger partial charge is 0.144 e. The van der Waals surface area contributed by atoms with E-state index in [2.05, 4.69) is 27.2 Å². The van der Waals surface area contributed by atoms with Crippen LogP contribution in [0.5, 0.6) is 0 Å². The van der Waals surface area contributed by atoms with E-state index in [0.717, 1.165) is 41.3 Å². The van der Waals surface area contributed by atoms with E-state index >= 15 is 0 Å². The SMILES string of the molecule is CCCc1nc(NC)cc(-n2cnc3ccccc32)n1. The van der Waals surface area contributed by atoms with Gasteiger partial charge in [0.15, 0.2) is 0 Å². The second-order valence-corrected chi connectivity index (χ2v) is 4.63. The largest absolute Gasteiger partial charge is 0.373 e. The van der Waals surface area contributed by atoms with Crippen molar-refractivity contribution in [1.82, 2.24) is 19.5 Å². The lowest BCUT2D eigenvalue weighted by Gasteiger charge is -2.08. The second kappa shape index (κ2) is 5.28. The summed E-state index contributed by atoms with van der Waals surface area (Å²) in [5.74, 6) is 2.53. The van der Waals surface area contributed by atoms with E-state index in [1.165, 1.54) is 0 Å². The molecule has 0 unspecified atom stereocenters. The fourth-order valence-corrected chi connectivity index (χ4v) is 2.21. The predicted molar refractivity (Wildman–Crippen MR) is 80.2 cm³/mol. The first-order valence-electron chi connectivity index (χ1n) is 6.80. The van der Waals surface area contributed by atoms with Crippen molar-refractivity contribution in [2.24, 2.45) is 0 Å². The van der Waals surface area contributed by atoms with Gasteiger partial charge < -0.3 is 5.32 Å². The van der Waals surface area contributed by atoms with E-state index in [1.807, 2.05) is 48.3 Å². The van der Waals surface area contributed by atoms with Crippen LogP contribution in [0, 0.1) is 0 Å². The molecule has 0 saturated carbocycles. The molecular formula is C15H17N5. The molecule has 0 aliphatic carbocycles. The molecule has 0 radical (unpaired) electrons. The number of rotatable bonds is 4. The summed E-state index contributed by atoms with van der Waals surface area (Å²) in [6.45, 7) is 2.13. The second-order valence-electron chi connectivity index (χ2n) is 4.63. The van der Waals surface area contributed by atoms with Gasteiger partial charge in [-0.15, -0.1) is 0 Å². The fraction of sp³-hybridized carbons (Fsp3) is 0.267. The number of nitrogens with zero attached hydrogens (tertiary/aromatic N) is 4. The van der Waals surface area contributed by atoms with Crippen molar-refractivity contribution in [3.63, 3.8) is 0 Å². The summed E-state index contributed by atoms with van der Waals surface area (Å²) >= 11 is 0. The molecule has 3 rings (SSSR count). The highest BCUT2D eigenvalue weighted by Crippen LogP contribution is 2.18. The number of benzene rings is 1. The molecule has 0 aliphatic heterocycles. The number of imidazole rings is 1. The van der Waals surface area contributed by atoms with Crippen molar-refractivity contribution in [3.8, 4) is 5.82 Å². The van der Waals surface area contributed by atoms with Crippen molar-refractivity contribution in [2.45, 2.75) is 19.8 Å². The molecule has 1 N–H and O–H groups in total. The van der Waals surface area contributed by atoms with E-state index in [1.54, 1.807) is 0 Å². The van der Waals surface area contributed by atoms with Crippen LogP contribution in [-0.2, 0) is 6.42 Å². The van der Waals surface area contributed by atoms with Crippen molar-refractivity contribution >= 4 is 16.9 Å². The molecule has 5 nitrogen and oxygen atoms in total. The van der Waals surface area contributed by atoms with Gasteiger partial charge in [0.25, 0.3) is 0 Å². The number of hydrogen-bond donors (Lipinski definition) is 1. The van der Waals surface area contributed by atoms with Gasteiger partial charge in [-0.05, 0) is 18.6 Å². The van der Waals surface area contributed by atoms with Gasteiger partial charge in [0.2, 0.25) is 0 Å². The summed E-state index contributed by atoms with van der Waals surface area (Å²) in [5.41, 5.74) is 2.02. The molecule has 3 aromatic rings. The highest BCUT2D eigenvalue weighted by atomic mass is 15.1. The molecule has 102 valence electrons. The number of anilines is 1. The molecule has 20 heavy (non-hydrogen) atoms. The van der Waals surface area contributed by atoms with Gasteiger partial charge in [0, 0.05) is 19.5 Å². The van der Waals surface area contributed by atoms with Crippen molar-refractivity contribution in [2.75, 3.05) is 12.4 Å². The summed E-state index contributed by atoms with van der Waals surface area (Å²) in [7, 11) is 1.87. The van der Waals surface area contributed by atoms with E-state index in [-0.39, 0.29) is 0 Å². The molecular weight excluding hydrogens is 250 g/mol. The van der Waals surface area contributed by atoms with Gasteiger partial charge in [0.1, 0.15) is 23.8 Å². The molecule has 0 atom stereocenters. The topological polar surface area (TPSA) is 55.6 Å². The van der Waals surface area contributed by atoms with Crippen LogP contribution < -0.4 is 5.32 Å². The third-order valence-corrected chi connectivity index (χ3v) is 3.19. The Labute approximate surface area is 117 Å². The van der Waals surface area contributed by atoms with Crippen LogP contribution in [-0.4, -0.2) is 26.6 Å². The maximum absolute atomic E-state index is 4.64. The molecule has 0 bridgehead atoms. The Bertz CT molecular complexity index is 732. The van der Waals surface area contributed by atoms with Crippen molar-refractivity contribution in [1.29, 1.82) is 0 Å². The molecule has 5 heteroatoms. The predicted octanol–water partition coefficient (Wildman–Crippen LogP) is 2.81. The summed E-state index contributed by atoms with van der Waals surface area (Å²) in [5, 5.41) is 3.09. The van der Waals surface area contributed by atoms with Crippen LogP contribution in [0.15, 0.2) is 36.7 Å². The Hall–Kier alpha value is -2.43. The first kappa shape index (κ1) is 12.6. The molecule has 0 spiro atoms. The monoisotopic (exact) mass is 267 g/mol. The molecule has 1 aromatic carbocycles. The van der Waals surface area contributed by atoms with Gasteiger partial charge >= 0.3 is 0 Å². The minimum Gasteiger partial charge on any atom is -0.373 e. The van der Waals surface area contributed by atoms with Crippen molar-refractivity contribution in [3.05, 3.63) is 42.5 Å². The summed E-state index contributed by atoms with van der Waals surface area (Å²) in [4.78, 5) is 13.5. The molecule has 2 heterocycles. The summed E-state index contributed by atoms with van der Waals surface area (Å²) in [6, 6.07) is 9.98. The average molecular weight is 267 g/mol. The van der Waals surface area contributed by atoms with E-state index in [9.17, 15) is 0 Å². The van der Waals surface area contributed by atoms with E-state index < -0.39 is 0 Å². The van der Waals surface area contributed by atoms with Crippen LogP contribution in [0.25, 0.3) is 16.9 Å². The lowest BCUT2D eigenvalue weighted by atomic mass is 10.3. The Kier molecular flexibility index (Phi) is 3.33. The third-order valence-electron chi connectivity index (χ3n) is 3.19. The molecule has 0 saturated heterocycles. The zero-order valence-corrected chi connectivity index (χ0v) is 11.7. The first-order chi connectivity index (χ1) is 9.81. The Morgan fingerprint density at radius 1 is 1.20 bits per heavy atom. The zero-order valence-electron chi connectivity index (χ0n) is 11.7. The first-order valence-corrected chi connectivity index (χ1v) is 6.80. The number of para-hydroxylation sites is 2. The van der Waals surface area contributed by atoms with Crippen LogP contribution >= 0.6 is 0 Å². The highest BCUT2D eigenvalue weighted by molar-refractivity contribution is 5.76. The summed E-state index contributed by atoms with van der Waals surface area (Å²) < 4.78 is 2.00. The van der Waals surface area contributed by atoms with Gasteiger partial charge in [-0.25, -0.2) is 15.0 Å². The van der Waals surface area contributed by atoms with Crippen LogP contribution in [0.1, 0.15) is 19.2 Å². The Balaban J connectivity index is 2.15. The van der Waals surface area contributed by atoms with Gasteiger partial charge in [0.05, 0.1) is 11.0 Å². The maximum Gasteiger partial charge on any atom is 0.144 e. The van der Waals surface area contributed by atoms with Crippen LogP contribution in [0.3, 0.4) is 0 Å². The van der Waals surface area contributed by atoms with Crippen molar-refractivity contribution < 1.29 is 0 Å². The quantitative estimate of drug-likeness (QED) is 0.789. The van der Waals surface area contributed by atoms with E-state index in [0.29, 0.717) is 0 Å². The standard InChI is InChI=1S/C15H17N5/c1-3-6-13-18-14(16-2)9-15(19-13)20-10-17-11-7-4-5-8-12(11)20/h4-5,7-10H,3,6H2,1-2H3,(H,16,18,19). The Morgan fingerprint density at radius 2 is 2.05 bits per heavy atom. The van der Waals surface area contributed by atoms with E-state index in [4.69, 9.17) is 0 Å². The lowest BCUT2D eigenvalue weighted by Crippen LogP contribution is -2.05. The minimum absolute atomic E-state index is 0.830. The fourth-order valence-electron chi connectivity index (χ4n) is 2.21. The van der Waals surface area contributed by atoms with Gasteiger partial charge in [-0.3, -0.25) is 4.57 Å². The van der Waals surface area contributed by atoms with Gasteiger partial charge in [-0.1, -0.05) is 19.1 Å². The van der Waals surface area contributed by atoms with Crippen LogP contribution in [0.2, 0.25) is 0 Å². The molecule has 0 amide bonds. The minimum atomic E-state index is 0.830. The molecule has 0 aliphatic rings. The zero-order chi connectivity index (χ0) is 13.9. The number of aromatic nitrogens is 4. The number of fused-ring (bicyclic) bond motifs is 1. The number of aryl methyl sites for hydroxylation is 1. The third kappa shape index (κ3) is 2.22. The Morgan fingerprint density at radius 3 is 2.85 bits per heavy atom. The number of hydrogen-bond acceptors (Lipinski definition) is 4.